The van der Waals surface area contributed by atoms with Crippen molar-refractivity contribution >= 4 is 43.5 Å². The molecule has 5 nitrogen and oxygen atoms in total. The minimum absolute atomic E-state index is 0.00888. The van der Waals surface area contributed by atoms with E-state index < -0.39 is 11.7 Å². The van der Waals surface area contributed by atoms with E-state index >= 15 is 0 Å². The van der Waals surface area contributed by atoms with E-state index in [1.54, 1.807) is 18.2 Å². The Hall–Kier alpha value is -1.80. The Kier molecular flexibility index (Phi) is 5.25. The molecule has 1 amide bonds. The van der Waals surface area contributed by atoms with Crippen molar-refractivity contribution in [1.82, 2.24) is 0 Å². The third-order valence-corrected chi connectivity index (χ3v) is 4.31. The van der Waals surface area contributed by atoms with Gasteiger partial charge in [-0.2, -0.15) is 0 Å². The Morgan fingerprint density at radius 2 is 1.88 bits per heavy atom. The highest BCUT2D eigenvalue weighted by Gasteiger charge is 2.16. The molecule has 0 saturated carbocycles. The van der Waals surface area contributed by atoms with E-state index in [1.165, 1.54) is 12.1 Å². The molecule has 0 fully saturated rings. The van der Waals surface area contributed by atoms with E-state index in [-0.39, 0.29) is 12.4 Å². The number of hydrogen-bond acceptors (Lipinski definition) is 4. The summed E-state index contributed by atoms with van der Waals surface area (Å²) >= 11 is 6.52. The number of halogens is 3. The molecule has 1 heterocycles. The molecule has 2 aromatic rings. The molecule has 2 aromatic carbocycles. The standard InChI is InChI=1S/C16H12Br2FNO4/c17-9-1-2-13(11(19)5-9)24-8-16(21)20-12-7-15-14(6-10(12)18)22-3-4-23-15/h1-2,5-7H,3-4,8H2,(H,20,21). The second kappa shape index (κ2) is 7.40. The van der Waals surface area contributed by atoms with Gasteiger partial charge in [-0.25, -0.2) is 4.39 Å². The quantitative estimate of drug-likeness (QED) is 0.744. The van der Waals surface area contributed by atoms with Crippen LogP contribution in [0.25, 0.3) is 0 Å². The number of carbonyl (C=O) groups excluding carboxylic acids is 1. The van der Waals surface area contributed by atoms with Crippen molar-refractivity contribution in [3.8, 4) is 17.2 Å². The van der Waals surface area contributed by atoms with Crippen molar-refractivity contribution in [2.24, 2.45) is 0 Å². The van der Waals surface area contributed by atoms with Crippen LogP contribution in [-0.4, -0.2) is 25.7 Å². The molecule has 1 N–H and O–H groups in total. The lowest BCUT2D eigenvalue weighted by Crippen LogP contribution is -2.21. The SMILES string of the molecule is O=C(COc1ccc(Br)cc1F)Nc1cc2c(cc1Br)OCCO2. The van der Waals surface area contributed by atoms with Gasteiger partial charge in [0.05, 0.1) is 5.69 Å². The highest BCUT2D eigenvalue weighted by Crippen LogP contribution is 2.38. The summed E-state index contributed by atoms with van der Waals surface area (Å²) in [6, 6.07) is 7.74. The van der Waals surface area contributed by atoms with Gasteiger partial charge in [-0.15, -0.1) is 0 Å². The van der Waals surface area contributed by atoms with E-state index in [2.05, 4.69) is 37.2 Å². The Balaban J connectivity index is 1.64. The lowest BCUT2D eigenvalue weighted by Gasteiger charge is -2.20. The fourth-order valence-corrected chi connectivity index (χ4v) is 2.84. The fraction of sp³-hybridized carbons (Fsp3) is 0.188. The number of amides is 1. The minimum Gasteiger partial charge on any atom is -0.486 e. The normalized spacial score (nSPS) is 12.6. The van der Waals surface area contributed by atoms with Gasteiger partial charge in [0.15, 0.2) is 29.7 Å². The third-order valence-electron chi connectivity index (χ3n) is 3.16. The lowest BCUT2D eigenvalue weighted by molar-refractivity contribution is -0.118. The molecule has 0 atom stereocenters. The summed E-state index contributed by atoms with van der Waals surface area (Å²) in [4.78, 5) is 12.0. The number of anilines is 1. The Morgan fingerprint density at radius 1 is 1.17 bits per heavy atom. The average molecular weight is 461 g/mol. The van der Waals surface area contributed by atoms with Gasteiger partial charge in [0.25, 0.3) is 5.91 Å². The second-order valence-electron chi connectivity index (χ2n) is 4.89. The van der Waals surface area contributed by atoms with Crippen LogP contribution in [0.2, 0.25) is 0 Å². The molecule has 0 bridgehead atoms. The molecule has 8 heteroatoms. The molecular weight excluding hydrogens is 449 g/mol. The lowest BCUT2D eigenvalue weighted by atomic mass is 10.2. The molecule has 1 aliphatic rings. The van der Waals surface area contributed by atoms with Gasteiger partial charge < -0.3 is 19.5 Å². The van der Waals surface area contributed by atoms with E-state index in [9.17, 15) is 9.18 Å². The zero-order valence-electron chi connectivity index (χ0n) is 12.3. The summed E-state index contributed by atoms with van der Waals surface area (Å²) in [6.45, 7) is 0.616. The summed E-state index contributed by atoms with van der Waals surface area (Å²) in [5.74, 6) is 0.209. The number of carbonyl (C=O) groups is 1. The van der Waals surface area contributed by atoms with E-state index in [4.69, 9.17) is 14.2 Å². The Bertz CT molecular complexity index is 785. The molecule has 24 heavy (non-hydrogen) atoms. The first kappa shape index (κ1) is 17.0. The van der Waals surface area contributed by atoms with Crippen LogP contribution in [0.3, 0.4) is 0 Å². The number of hydrogen-bond donors (Lipinski definition) is 1. The fourth-order valence-electron chi connectivity index (χ4n) is 2.08. The number of nitrogens with one attached hydrogen (secondary N) is 1. The van der Waals surface area contributed by atoms with Crippen LogP contribution in [0.5, 0.6) is 17.2 Å². The number of ether oxygens (including phenoxy) is 3. The molecule has 0 aromatic heterocycles. The molecule has 0 aliphatic carbocycles. The van der Waals surface area contributed by atoms with Crippen molar-refractivity contribution in [3.63, 3.8) is 0 Å². The van der Waals surface area contributed by atoms with Crippen molar-refractivity contribution in [1.29, 1.82) is 0 Å². The van der Waals surface area contributed by atoms with Gasteiger partial charge in [-0.3, -0.25) is 4.79 Å². The Morgan fingerprint density at radius 3 is 2.58 bits per heavy atom. The maximum Gasteiger partial charge on any atom is 0.262 e. The highest BCUT2D eigenvalue weighted by molar-refractivity contribution is 9.10. The van der Waals surface area contributed by atoms with Gasteiger partial charge in [0.1, 0.15) is 13.2 Å². The van der Waals surface area contributed by atoms with Gasteiger partial charge in [0, 0.05) is 21.1 Å². The van der Waals surface area contributed by atoms with Crippen molar-refractivity contribution < 1.29 is 23.4 Å². The molecule has 0 saturated heterocycles. The first-order chi connectivity index (χ1) is 11.5. The summed E-state index contributed by atoms with van der Waals surface area (Å²) in [6.07, 6.45) is 0. The zero-order valence-corrected chi connectivity index (χ0v) is 15.4. The summed E-state index contributed by atoms with van der Waals surface area (Å²) < 4.78 is 31.0. The van der Waals surface area contributed by atoms with Crippen LogP contribution in [0.1, 0.15) is 0 Å². The zero-order chi connectivity index (χ0) is 17.1. The van der Waals surface area contributed by atoms with Crippen molar-refractivity contribution in [2.45, 2.75) is 0 Å². The second-order valence-corrected chi connectivity index (χ2v) is 6.66. The maximum atomic E-state index is 13.7. The first-order valence-electron chi connectivity index (χ1n) is 7.00. The van der Waals surface area contributed by atoms with Crippen LogP contribution in [-0.2, 0) is 4.79 Å². The molecule has 0 radical (unpaired) electrons. The van der Waals surface area contributed by atoms with Crippen molar-refractivity contribution in [2.75, 3.05) is 25.1 Å². The molecule has 3 rings (SSSR count). The van der Waals surface area contributed by atoms with Crippen LogP contribution >= 0.6 is 31.9 Å². The van der Waals surface area contributed by atoms with Gasteiger partial charge in [-0.1, -0.05) is 15.9 Å². The predicted octanol–water partition coefficient (Wildman–Crippen LogP) is 4.14. The van der Waals surface area contributed by atoms with Crippen LogP contribution < -0.4 is 19.5 Å². The van der Waals surface area contributed by atoms with E-state index in [0.717, 1.165) is 0 Å². The summed E-state index contributed by atoms with van der Waals surface area (Å²) in [5.41, 5.74) is 0.518. The predicted molar refractivity (Wildman–Crippen MR) is 93.4 cm³/mol. The van der Waals surface area contributed by atoms with Gasteiger partial charge >= 0.3 is 0 Å². The smallest absolute Gasteiger partial charge is 0.262 e. The average Bonchev–Trinajstić information content (AvgIpc) is 2.55. The van der Waals surface area contributed by atoms with Gasteiger partial charge in [0.2, 0.25) is 0 Å². The largest absolute Gasteiger partial charge is 0.486 e. The maximum absolute atomic E-state index is 13.7. The third kappa shape index (κ3) is 3.99. The molecule has 126 valence electrons. The van der Waals surface area contributed by atoms with Gasteiger partial charge in [-0.05, 0) is 34.1 Å². The van der Waals surface area contributed by atoms with E-state index in [0.29, 0.717) is 39.3 Å². The van der Waals surface area contributed by atoms with Crippen LogP contribution in [0, 0.1) is 5.82 Å². The molecular formula is C16H12Br2FNO4. The highest BCUT2D eigenvalue weighted by atomic mass is 79.9. The van der Waals surface area contributed by atoms with Crippen LogP contribution in [0.4, 0.5) is 10.1 Å². The number of benzene rings is 2. The molecule has 0 spiro atoms. The van der Waals surface area contributed by atoms with Crippen molar-refractivity contribution in [3.05, 3.63) is 45.1 Å². The number of fused-ring (bicyclic) bond motifs is 1. The number of rotatable bonds is 4. The molecule has 1 aliphatic heterocycles. The Labute approximate surface area is 154 Å². The molecule has 0 unspecified atom stereocenters. The first-order valence-corrected chi connectivity index (χ1v) is 8.58. The monoisotopic (exact) mass is 459 g/mol. The topological polar surface area (TPSA) is 56.8 Å². The summed E-state index contributed by atoms with van der Waals surface area (Å²) in [5, 5.41) is 2.68. The minimum atomic E-state index is -0.544. The van der Waals surface area contributed by atoms with Crippen LogP contribution in [0.15, 0.2) is 39.3 Å². The summed E-state index contributed by atoms with van der Waals surface area (Å²) in [7, 11) is 0. The van der Waals surface area contributed by atoms with E-state index in [1.807, 2.05) is 0 Å².